The lowest BCUT2D eigenvalue weighted by molar-refractivity contribution is 0.448. The number of aryl methyl sites for hydroxylation is 6. The van der Waals surface area contributed by atoms with Gasteiger partial charge in [-0.3, -0.25) is 0 Å². The van der Waals surface area contributed by atoms with Gasteiger partial charge in [0.15, 0.2) is 0 Å². The molecule has 0 bridgehead atoms. The first-order valence-electron chi connectivity index (χ1n) is 18.8. The van der Waals surface area contributed by atoms with Crippen LogP contribution in [0.25, 0.3) is 43.8 Å². The molecule has 0 spiro atoms. The standard InChI is InChI=1S/C51H50O/c1-26-28(3)32(7)45-43(30(26)5)34(9)36(11)50-48(45)47(49-46-33(8)29(4)27(2)31(6)44(46)35(10)37(12)51(49)52-50)42-24-22-41(23-25-42)40-20-18-39(19-21-40)38-16-14-13-15-17-38/h13-25,47H,1-12H3. The van der Waals surface area contributed by atoms with Crippen molar-refractivity contribution < 1.29 is 4.74 Å². The molecule has 0 unspecified atom stereocenters. The van der Waals surface area contributed by atoms with Crippen molar-refractivity contribution in [1.82, 2.24) is 0 Å². The quantitative estimate of drug-likeness (QED) is 0.181. The fourth-order valence-corrected chi connectivity index (χ4v) is 9.33. The van der Waals surface area contributed by atoms with Crippen LogP contribution >= 0.6 is 0 Å². The van der Waals surface area contributed by atoms with E-state index in [0.717, 1.165) is 11.5 Å². The monoisotopic (exact) mass is 678 g/mol. The van der Waals surface area contributed by atoms with Crippen LogP contribution in [0.3, 0.4) is 0 Å². The summed E-state index contributed by atoms with van der Waals surface area (Å²) in [6.07, 6.45) is 0. The molecular weight excluding hydrogens is 629 g/mol. The van der Waals surface area contributed by atoms with Crippen LogP contribution in [0.4, 0.5) is 0 Å². The lowest BCUT2D eigenvalue weighted by Crippen LogP contribution is -2.18. The third kappa shape index (κ3) is 4.74. The van der Waals surface area contributed by atoms with Gasteiger partial charge in [0.1, 0.15) is 11.5 Å². The van der Waals surface area contributed by atoms with Gasteiger partial charge < -0.3 is 4.74 Å². The lowest BCUT2D eigenvalue weighted by Gasteiger charge is -2.36. The number of hydrogen-bond acceptors (Lipinski definition) is 1. The minimum Gasteiger partial charge on any atom is -0.456 e. The first kappa shape index (κ1) is 34.0. The predicted octanol–water partition coefficient (Wildman–Crippen LogP) is 14.3. The van der Waals surface area contributed by atoms with Gasteiger partial charge in [0.25, 0.3) is 0 Å². The predicted molar refractivity (Wildman–Crippen MR) is 223 cm³/mol. The fourth-order valence-electron chi connectivity index (χ4n) is 9.33. The van der Waals surface area contributed by atoms with E-state index in [2.05, 4.69) is 162 Å². The van der Waals surface area contributed by atoms with Gasteiger partial charge in [-0.05, 0) is 199 Å². The summed E-state index contributed by atoms with van der Waals surface area (Å²) in [6.45, 7) is 27.6. The minimum absolute atomic E-state index is 0.00253. The summed E-state index contributed by atoms with van der Waals surface area (Å²) in [4.78, 5) is 0. The normalized spacial score (nSPS) is 12.7. The van der Waals surface area contributed by atoms with Crippen LogP contribution in [0.15, 0.2) is 78.9 Å². The highest BCUT2D eigenvalue weighted by Crippen LogP contribution is 2.58. The van der Waals surface area contributed by atoms with E-state index in [9.17, 15) is 0 Å². The van der Waals surface area contributed by atoms with Crippen LogP contribution in [-0.2, 0) is 0 Å². The fraction of sp³-hybridized carbons (Fsp3) is 0.255. The van der Waals surface area contributed by atoms with Crippen molar-refractivity contribution >= 4 is 21.5 Å². The van der Waals surface area contributed by atoms with Crippen molar-refractivity contribution in [2.45, 2.75) is 89.0 Å². The Kier molecular flexibility index (Phi) is 7.99. The van der Waals surface area contributed by atoms with Gasteiger partial charge in [0.05, 0.1) is 0 Å². The van der Waals surface area contributed by atoms with E-state index >= 15 is 0 Å². The molecule has 8 rings (SSSR count). The number of benzene rings is 7. The summed E-state index contributed by atoms with van der Waals surface area (Å²) in [7, 11) is 0. The summed E-state index contributed by atoms with van der Waals surface area (Å²) >= 11 is 0. The molecule has 0 atom stereocenters. The zero-order chi connectivity index (χ0) is 36.9. The van der Waals surface area contributed by atoms with Crippen molar-refractivity contribution in [3.05, 3.63) is 162 Å². The van der Waals surface area contributed by atoms with Gasteiger partial charge in [-0.25, -0.2) is 0 Å². The molecule has 52 heavy (non-hydrogen) atoms. The van der Waals surface area contributed by atoms with Crippen molar-refractivity contribution in [2.24, 2.45) is 0 Å². The zero-order valence-corrected chi connectivity index (χ0v) is 33.0. The summed E-state index contributed by atoms with van der Waals surface area (Å²) in [6, 6.07) is 29.0. The molecule has 0 amide bonds. The Labute approximate surface area is 310 Å². The maximum atomic E-state index is 7.34. The van der Waals surface area contributed by atoms with Crippen molar-refractivity contribution in [3.8, 4) is 33.8 Å². The van der Waals surface area contributed by atoms with Gasteiger partial charge in [0, 0.05) is 17.0 Å². The maximum absolute atomic E-state index is 7.34. The molecule has 0 N–H and O–H groups in total. The molecular formula is C51H50O. The molecule has 1 aliphatic rings. The third-order valence-corrected chi connectivity index (χ3v) is 13.3. The van der Waals surface area contributed by atoms with Gasteiger partial charge in [0.2, 0.25) is 0 Å². The second kappa shape index (κ2) is 12.2. The molecule has 0 aromatic heterocycles. The molecule has 1 nitrogen and oxygen atoms in total. The Hall–Kier alpha value is -5.14. The Bertz CT molecular complexity index is 2500. The molecule has 260 valence electrons. The van der Waals surface area contributed by atoms with E-state index in [1.54, 1.807) is 0 Å². The van der Waals surface area contributed by atoms with Crippen molar-refractivity contribution in [1.29, 1.82) is 0 Å². The molecule has 7 aromatic carbocycles. The smallest absolute Gasteiger partial charge is 0.135 e. The molecule has 0 radical (unpaired) electrons. The van der Waals surface area contributed by atoms with Gasteiger partial charge in [-0.1, -0.05) is 78.9 Å². The highest BCUT2D eigenvalue weighted by Gasteiger charge is 2.38. The highest BCUT2D eigenvalue weighted by atomic mass is 16.5. The molecule has 0 fully saturated rings. The van der Waals surface area contributed by atoms with E-state index in [-0.39, 0.29) is 5.92 Å². The number of ether oxygens (including phenoxy) is 1. The number of hydrogen-bond donors (Lipinski definition) is 0. The number of fused-ring (bicyclic) bond motifs is 6. The average Bonchev–Trinajstić information content (AvgIpc) is 3.17. The van der Waals surface area contributed by atoms with Crippen molar-refractivity contribution in [2.75, 3.05) is 0 Å². The highest BCUT2D eigenvalue weighted by molar-refractivity contribution is 6.04. The van der Waals surface area contributed by atoms with Gasteiger partial charge in [-0.2, -0.15) is 0 Å². The average molecular weight is 679 g/mol. The lowest BCUT2D eigenvalue weighted by atomic mass is 9.72. The van der Waals surface area contributed by atoms with E-state index < -0.39 is 0 Å². The summed E-state index contributed by atoms with van der Waals surface area (Å²) in [5.74, 6) is 2.07. The third-order valence-electron chi connectivity index (χ3n) is 13.3. The molecule has 7 aromatic rings. The summed E-state index contributed by atoms with van der Waals surface area (Å²) in [5.41, 5.74) is 25.0. The van der Waals surface area contributed by atoms with Gasteiger partial charge >= 0.3 is 0 Å². The molecule has 1 heterocycles. The first-order chi connectivity index (χ1) is 24.8. The van der Waals surface area contributed by atoms with E-state index in [0.29, 0.717) is 0 Å². The Morgan fingerprint density at radius 3 is 1.00 bits per heavy atom. The SMILES string of the molecule is Cc1c(C)c(C)c2c3c(c(C)c(C)c2c1C)Oc1c(C)c(C)c2c(C)c(C)c(C)c(C)c2c1C3c1ccc(-c2ccc(-c3ccccc3)cc2)cc1. The van der Waals surface area contributed by atoms with E-state index in [1.165, 1.54) is 127 Å². The molecule has 1 heteroatoms. The van der Waals surface area contributed by atoms with Crippen LogP contribution in [0.5, 0.6) is 11.5 Å². The largest absolute Gasteiger partial charge is 0.456 e. The number of rotatable bonds is 3. The van der Waals surface area contributed by atoms with Crippen molar-refractivity contribution in [3.63, 3.8) is 0 Å². The Morgan fingerprint density at radius 1 is 0.308 bits per heavy atom. The minimum atomic E-state index is -0.00253. The van der Waals surface area contributed by atoms with Crippen LogP contribution in [0.2, 0.25) is 0 Å². The Balaban J connectivity index is 1.45. The zero-order valence-electron chi connectivity index (χ0n) is 33.0. The summed E-state index contributed by atoms with van der Waals surface area (Å²) in [5, 5.41) is 5.49. The second-order valence-corrected chi connectivity index (χ2v) is 15.6. The first-order valence-corrected chi connectivity index (χ1v) is 18.8. The molecule has 0 aliphatic carbocycles. The van der Waals surface area contributed by atoms with Gasteiger partial charge in [-0.15, -0.1) is 0 Å². The van der Waals surface area contributed by atoms with Crippen LogP contribution in [0, 0.1) is 83.1 Å². The molecule has 0 saturated carbocycles. The topological polar surface area (TPSA) is 9.23 Å². The van der Waals surface area contributed by atoms with Crippen LogP contribution in [0.1, 0.15) is 89.4 Å². The molecule has 0 saturated heterocycles. The maximum Gasteiger partial charge on any atom is 0.135 e. The van der Waals surface area contributed by atoms with E-state index in [1.807, 2.05) is 0 Å². The second-order valence-electron chi connectivity index (χ2n) is 15.6. The van der Waals surface area contributed by atoms with Crippen LogP contribution in [-0.4, -0.2) is 0 Å². The Morgan fingerprint density at radius 2 is 0.615 bits per heavy atom. The van der Waals surface area contributed by atoms with E-state index in [4.69, 9.17) is 4.74 Å². The summed E-state index contributed by atoms with van der Waals surface area (Å²) < 4.78 is 7.34. The molecule has 1 aliphatic heterocycles. The van der Waals surface area contributed by atoms with Crippen LogP contribution < -0.4 is 4.74 Å².